The van der Waals surface area contributed by atoms with Crippen LogP contribution >= 0.6 is 15.9 Å². The quantitative estimate of drug-likeness (QED) is 0.573. The molecule has 2 rings (SSSR count). The van der Waals surface area contributed by atoms with Gasteiger partial charge >= 0.3 is 5.97 Å². The summed E-state index contributed by atoms with van der Waals surface area (Å²) < 4.78 is 6.05. The molecule has 1 N–H and O–H groups in total. The van der Waals surface area contributed by atoms with Crippen molar-refractivity contribution < 1.29 is 14.6 Å². The third-order valence-electron chi connectivity index (χ3n) is 4.74. The maximum Gasteiger partial charge on any atom is 0.340 e. The smallest absolute Gasteiger partial charge is 0.340 e. The molecule has 1 atom stereocenters. The topological polar surface area (TPSA) is 62.7 Å². The van der Waals surface area contributed by atoms with Crippen LogP contribution in [0, 0.1) is 13.8 Å². The van der Waals surface area contributed by atoms with E-state index >= 15 is 0 Å². The predicted octanol–water partition coefficient (Wildman–Crippen LogP) is 4.38. The lowest BCUT2D eigenvalue weighted by Crippen LogP contribution is -2.33. The molecule has 1 aromatic heterocycles. The number of hydrogen-bond donors (Lipinski definition) is 1. The molecule has 6 heteroatoms. The first-order valence-corrected chi connectivity index (χ1v) is 9.88. The van der Waals surface area contributed by atoms with Gasteiger partial charge in [-0.05, 0) is 70.3 Å². The highest BCUT2D eigenvalue weighted by molar-refractivity contribution is 9.10. The largest absolute Gasteiger partial charge is 0.461 e. The third kappa shape index (κ3) is 4.46. The van der Waals surface area contributed by atoms with E-state index in [1.165, 1.54) is 11.1 Å². The predicted molar refractivity (Wildman–Crippen MR) is 107 cm³/mol. The minimum Gasteiger partial charge on any atom is -0.461 e. The number of allylic oxidation sites excluding steroid dienone is 1. The Balaban J connectivity index is 2.45. The average molecular weight is 425 g/mol. The van der Waals surface area contributed by atoms with Crippen LogP contribution in [0.2, 0.25) is 0 Å². The summed E-state index contributed by atoms with van der Waals surface area (Å²) in [5.74, 6) is -0.635. The number of hydrogen-bond acceptors (Lipinski definition) is 5. The number of anilines is 1. The lowest BCUT2D eigenvalue weighted by molar-refractivity contribution is -0.157. The molecule has 0 amide bonds. The van der Waals surface area contributed by atoms with Crippen LogP contribution in [0.25, 0.3) is 0 Å². The van der Waals surface area contributed by atoms with E-state index < -0.39 is 12.1 Å². The summed E-state index contributed by atoms with van der Waals surface area (Å²) in [6, 6.07) is 0. The molecule has 1 aliphatic rings. The standard InChI is InChI=1S/C20H29BrN2O3/c1-11(2)15-7-9-23(10-8-15)18-16(13(5)22-14(6)17(18)21)19(24)20(25)26-12(3)4/h12,19,24H,7-10H2,1-6H3/t19-/m0/s1. The van der Waals surface area contributed by atoms with Crippen molar-refractivity contribution in [2.45, 2.75) is 66.6 Å². The fourth-order valence-corrected chi connectivity index (χ4v) is 3.93. The molecule has 0 saturated carbocycles. The van der Waals surface area contributed by atoms with E-state index in [-0.39, 0.29) is 6.10 Å². The molecule has 0 aromatic carbocycles. The van der Waals surface area contributed by atoms with Crippen LogP contribution in [0.3, 0.4) is 0 Å². The number of aryl methyl sites for hydroxylation is 2. The van der Waals surface area contributed by atoms with Crippen molar-refractivity contribution in [3.8, 4) is 0 Å². The Hall–Kier alpha value is -1.40. The maximum atomic E-state index is 12.3. The van der Waals surface area contributed by atoms with Crippen molar-refractivity contribution in [1.82, 2.24) is 4.98 Å². The molecule has 0 radical (unpaired) electrons. The van der Waals surface area contributed by atoms with Crippen molar-refractivity contribution in [3.63, 3.8) is 0 Å². The first kappa shape index (κ1) is 20.9. The second-order valence-corrected chi connectivity index (χ2v) is 8.13. The van der Waals surface area contributed by atoms with E-state index in [1.54, 1.807) is 13.8 Å². The van der Waals surface area contributed by atoms with Crippen molar-refractivity contribution in [1.29, 1.82) is 0 Å². The van der Waals surface area contributed by atoms with Crippen LogP contribution in [0.4, 0.5) is 5.69 Å². The van der Waals surface area contributed by atoms with Gasteiger partial charge in [0, 0.05) is 24.3 Å². The highest BCUT2D eigenvalue weighted by Gasteiger charge is 2.31. The number of nitrogens with zero attached hydrogens (tertiary/aromatic N) is 2. The summed E-state index contributed by atoms with van der Waals surface area (Å²) in [7, 11) is 0. The molecule has 144 valence electrons. The minimum absolute atomic E-state index is 0.280. The van der Waals surface area contributed by atoms with Crippen molar-refractivity contribution in [2.24, 2.45) is 0 Å². The zero-order valence-corrected chi connectivity index (χ0v) is 18.1. The van der Waals surface area contributed by atoms with Gasteiger partial charge in [-0.2, -0.15) is 0 Å². The number of aromatic nitrogens is 1. The van der Waals surface area contributed by atoms with Crippen LogP contribution in [-0.2, 0) is 9.53 Å². The Labute approximate surface area is 164 Å². The molecular weight excluding hydrogens is 396 g/mol. The molecular formula is C20H29BrN2O3. The van der Waals surface area contributed by atoms with Gasteiger partial charge in [-0.1, -0.05) is 11.1 Å². The van der Waals surface area contributed by atoms with Crippen LogP contribution in [0.15, 0.2) is 15.6 Å². The van der Waals surface area contributed by atoms with Crippen LogP contribution in [0.1, 0.15) is 63.6 Å². The Kier molecular flexibility index (Phi) is 6.86. The summed E-state index contributed by atoms with van der Waals surface area (Å²) in [6.07, 6.45) is 0.349. The van der Waals surface area contributed by atoms with E-state index in [0.717, 1.165) is 41.8 Å². The van der Waals surface area contributed by atoms with Crippen molar-refractivity contribution >= 4 is 27.6 Å². The number of aliphatic hydroxyl groups excluding tert-OH is 1. The van der Waals surface area contributed by atoms with Gasteiger partial charge in [-0.15, -0.1) is 0 Å². The van der Waals surface area contributed by atoms with E-state index in [9.17, 15) is 9.90 Å². The number of carbonyl (C=O) groups excluding carboxylic acids is 1. The number of aliphatic hydroxyl groups is 1. The number of ether oxygens (including phenoxy) is 1. The number of carbonyl (C=O) groups is 1. The molecule has 0 aliphatic carbocycles. The van der Waals surface area contributed by atoms with Gasteiger partial charge < -0.3 is 14.7 Å². The number of esters is 1. The fourth-order valence-electron chi connectivity index (χ4n) is 3.37. The van der Waals surface area contributed by atoms with E-state index in [0.29, 0.717) is 11.3 Å². The Morgan fingerprint density at radius 2 is 1.77 bits per heavy atom. The molecule has 0 bridgehead atoms. The minimum atomic E-state index is -1.35. The van der Waals surface area contributed by atoms with Crippen LogP contribution in [-0.4, -0.2) is 35.3 Å². The SMILES string of the molecule is CC(C)=C1CCN(c2c(Br)c(C)nc(C)c2[C@H](O)C(=O)OC(C)C)CC1. The van der Waals surface area contributed by atoms with E-state index in [2.05, 4.69) is 39.7 Å². The highest BCUT2D eigenvalue weighted by atomic mass is 79.9. The molecule has 1 saturated heterocycles. The number of rotatable bonds is 4. The molecule has 0 spiro atoms. The number of halogens is 1. The van der Waals surface area contributed by atoms with Gasteiger partial charge in [0.15, 0.2) is 6.10 Å². The van der Waals surface area contributed by atoms with Gasteiger partial charge in [-0.3, -0.25) is 4.98 Å². The Morgan fingerprint density at radius 1 is 1.19 bits per heavy atom. The summed E-state index contributed by atoms with van der Waals surface area (Å²) in [6.45, 7) is 13.3. The number of pyridine rings is 1. The molecule has 1 aliphatic heterocycles. The third-order valence-corrected chi connectivity index (χ3v) is 5.69. The first-order chi connectivity index (χ1) is 12.1. The van der Waals surface area contributed by atoms with E-state index in [4.69, 9.17) is 4.74 Å². The normalized spacial score (nSPS) is 16.0. The summed E-state index contributed by atoms with van der Waals surface area (Å²) in [5.41, 5.74) is 5.76. The van der Waals surface area contributed by atoms with Gasteiger partial charge in [0.25, 0.3) is 0 Å². The van der Waals surface area contributed by atoms with E-state index in [1.807, 2.05) is 13.8 Å². The molecule has 26 heavy (non-hydrogen) atoms. The lowest BCUT2D eigenvalue weighted by atomic mass is 9.97. The first-order valence-electron chi connectivity index (χ1n) is 9.08. The average Bonchev–Trinajstić information content (AvgIpc) is 2.56. The molecule has 1 aromatic rings. The van der Waals surface area contributed by atoms with Crippen LogP contribution < -0.4 is 4.90 Å². The monoisotopic (exact) mass is 424 g/mol. The highest BCUT2D eigenvalue weighted by Crippen LogP contribution is 2.39. The zero-order chi connectivity index (χ0) is 19.6. The Bertz CT molecular complexity index is 714. The zero-order valence-electron chi connectivity index (χ0n) is 16.5. The molecule has 2 heterocycles. The fraction of sp³-hybridized carbons (Fsp3) is 0.600. The summed E-state index contributed by atoms with van der Waals surface area (Å²) >= 11 is 3.63. The number of piperidine rings is 1. The van der Waals surface area contributed by atoms with Gasteiger partial charge in [0.05, 0.1) is 22.0 Å². The molecule has 1 fully saturated rings. The second kappa shape index (κ2) is 8.53. The molecule has 0 unspecified atom stereocenters. The van der Waals surface area contributed by atoms with Crippen LogP contribution in [0.5, 0.6) is 0 Å². The van der Waals surface area contributed by atoms with Gasteiger partial charge in [0.2, 0.25) is 0 Å². The lowest BCUT2D eigenvalue weighted by Gasteiger charge is -2.34. The Morgan fingerprint density at radius 3 is 2.27 bits per heavy atom. The summed E-state index contributed by atoms with van der Waals surface area (Å²) in [4.78, 5) is 19.1. The van der Waals surface area contributed by atoms with Gasteiger partial charge in [-0.25, -0.2) is 4.79 Å². The second-order valence-electron chi connectivity index (χ2n) is 7.34. The van der Waals surface area contributed by atoms with Gasteiger partial charge in [0.1, 0.15) is 0 Å². The summed E-state index contributed by atoms with van der Waals surface area (Å²) in [5, 5.41) is 10.7. The van der Waals surface area contributed by atoms with Crippen molar-refractivity contribution in [2.75, 3.05) is 18.0 Å². The van der Waals surface area contributed by atoms with Crippen molar-refractivity contribution in [3.05, 3.63) is 32.6 Å². The maximum absolute atomic E-state index is 12.3. The molecule has 5 nitrogen and oxygen atoms in total.